The van der Waals surface area contributed by atoms with Crippen molar-refractivity contribution in [3.05, 3.63) is 34.5 Å². The van der Waals surface area contributed by atoms with Crippen LogP contribution in [0.5, 0.6) is 5.88 Å². The summed E-state index contributed by atoms with van der Waals surface area (Å²) in [4.78, 5) is 15.2. The van der Waals surface area contributed by atoms with Crippen LogP contribution in [0.15, 0.2) is 18.3 Å². The molecule has 5 nitrogen and oxygen atoms in total. The highest BCUT2D eigenvalue weighted by Gasteiger charge is 2.25. The zero-order valence-corrected chi connectivity index (χ0v) is 14.8. The number of thiazole rings is 1. The van der Waals surface area contributed by atoms with Crippen molar-refractivity contribution in [1.82, 2.24) is 15.0 Å². The summed E-state index contributed by atoms with van der Waals surface area (Å²) in [6, 6.07) is 4.16. The van der Waals surface area contributed by atoms with Gasteiger partial charge in [0, 0.05) is 12.7 Å². The van der Waals surface area contributed by atoms with E-state index >= 15 is 0 Å². The average Bonchev–Trinajstić information content (AvgIpc) is 3.04. The molecule has 0 aliphatic heterocycles. The number of hydrogen-bond acceptors (Lipinski definition) is 6. The minimum absolute atomic E-state index is 0.169. The Morgan fingerprint density at radius 3 is 2.88 bits per heavy atom. The van der Waals surface area contributed by atoms with Gasteiger partial charge in [0.2, 0.25) is 5.88 Å². The van der Waals surface area contributed by atoms with Crippen molar-refractivity contribution in [2.75, 3.05) is 14.2 Å². The molecule has 6 heteroatoms. The molecule has 124 valence electrons. The molecule has 0 amide bonds. The first-order valence-electron chi connectivity index (χ1n) is 8.03. The van der Waals surface area contributed by atoms with Crippen LogP contribution in [0.2, 0.25) is 0 Å². The van der Waals surface area contributed by atoms with Crippen molar-refractivity contribution in [1.29, 1.82) is 0 Å². The lowest BCUT2D eigenvalue weighted by atomic mass is 10.0. The first-order valence-corrected chi connectivity index (χ1v) is 8.85. The van der Waals surface area contributed by atoms with E-state index in [1.165, 1.54) is 10.6 Å². The van der Waals surface area contributed by atoms with Crippen molar-refractivity contribution < 1.29 is 9.47 Å². The molecule has 2 heterocycles. The van der Waals surface area contributed by atoms with E-state index in [1.807, 2.05) is 6.07 Å². The maximum atomic E-state index is 5.63. The summed E-state index contributed by atoms with van der Waals surface area (Å²) in [6.45, 7) is 2.07. The lowest BCUT2D eigenvalue weighted by Crippen LogP contribution is -2.08. The fourth-order valence-corrected chi connectivity index (χ4v) is 4.47. The van der Waals surface area contributed by atoms with Gasteiger partial charge in [-0.3, -0.25) is 0 Å². The molecule has 1 aliphatic carbocycles. The van der Waals surface area contributed by atoms with Gasteiger partial charge in [0.25, 0.3) is 0 Å². The Kier molecular flexibility index (Phi) is 3.94. The predicted molar refractivity (Wildman–Crippen MR) is 94.6 cm³/mol. The van der Waals surface area contributed by atoms with Crippen LogP contribution in [0.3, 0.4) is 0 Å². The maximum absolute atomic E-state index is 5.63. The first-order chi connectivity index (χ1) is 11.7. The second-order valence-electron chi connectivity index (χ2n) is 6.04. The number of methoxy groups -OCH3 is 2. The molecule has 1 atom stereocenters. The number of rotatable bonds is 3. The van der Waals surface area contributed by atoms with E-state index < -0.39 is 0 Å². The summed E-state index contributed by atoms with van der Waals surface area (Å²) < 4.78 is 10.8. The normalized spacial score (nSPS) is 17.0. The third-order valence-electron chi connectivity index (χ3n) is 4.39. The van der Waals surface area contributed by atoms with Gasteiger partial charge in [-0.15, -0.1) is 11.3 Å². The van der Waals surface area contributed by atoms with E-state index in [1.54, 1.807) is 31.8 Å². The molecule has 0 saturated heterocycles. The summed E-state index contributed by atoms with van der Waals surface area (Å²) >= 11 is 1.72. The maximum Gasteiger partial charge on any atom is 0.232 e. The van der Waals surface area contributed by atoms with E-state index in [9.17, 15) is 0 Å². The van der Waals surface area contributed by atoms with Gasteiger partial charge in [0.1, 0.15) is 5.01 Å². The second kappa shape index (κ2) is 6.11. The molecule has 0 N–H and O–H groups in total. The Hall–Kier alpha value is -2.05. The molecule has 0 saturated carbocycles. The van der Waals surface area contributed by atoms with Crippen LogP contribution >= 0.6 is 11.3 Å². The van der Waals surface area contributed by atoms with Crippen molar-refractivity contribution in [3.8, 4) is 16.5 Å². The number of aryl methyl sites for hydroxylation is 2. The Morgan fingerprint density at radius 2 is 2.08 bits per heavy atom. The Bertz CT molecular complexity index is 907. The van der Waals surface area contributed by atoms with E-state index in [0.29, 0.717) is 5.88 Å². The quantitative estimate of drug-likeness (QED) is 0.718. The van der Waals surface area contributed by atoms with Gasteiger partial charge in [-0.25, -0.2) is 15.0 Å². The van der Waals surface area contributed by atoms with Crippen molar-refractivity contribution >= 4 is 22.4 Å². The molecule has 0 radical (unpaired) electrons. The molecule has 3 aromatic rings. The van der Waals surface area contributed by atoms with E-state index in [0.717, 1.165) is 46.4 Å². The molecule has 24 heavy (non-hydrogen) atoms. The minimum atomic E-state index is 0.169. The van der Waals surface area contributed by atoms with Crippen LogP contribution in [0, 0.1) is 6.92 Å². The third kappa shape index (κ3) is 2.56. The molecule has 0 fully saturated rings. The predicted octanol–water partition coefficient (Wildman–Crippen LogP) is 4.09. The highest BCUT2D eigenvalue weighted by atomic mass is 32.1. The number of ether oxygens (including phenoxy) is 2. The molecule has 2 aromatic heterocycles. The largest absolute Gasteiger partial charge is 0.480 e. The summed E-state index contributed by atoms with van der Waals surface area (Å²) in [5, 5.41) is 0.997. The van der Waals surface area contributed by atoms with Gasteiger partial charge in [0.05, 0.1) is 41.0 Å². The topological polar surface area (TPSA) is 57.1 Å². The second-order valence-corrected chi connectivity index (χ2v) is 7.07. The zero-order valence-electron chi connectivity index (χ0n) is 14.0. The van der Waals surface area contributed by atoms with Crippen molar-refractivity contribution in [2.24, 2.45) is 0 Å². The average molecular weight is 341 g/mol. The Balaban J connectivity index is 1.89. The zero-order chi connectivity index (χ0) is 16.7. The number of hydrogen-bond donors (Lipinski definition) is 0. The van der Waals surface area contributed by atoms with Crippen LogP contribution < -0.4 is 4.74 Å². The van der Waals surface area contributed by atoms with Crippen LogP contribution in [0.25, 0.3) is 21.6 Å². The van der Waals surface area contributed by atoms with Crippen molar-refractivity contribution in [2.45, 2.75) is 32.3 Å². The van der Waals surface area contributed by atoms with E-state index in [-0.39, 0.29) is 6.10 Å². The lowest BCUT2D eigenvalue weighted by molar-refractivity contribution is 0.0908. The van der Waals surface area contributed by atoms with Gasteiger partial charge in [0.15, 0.2) is 0 Å². The molecule has 0 spiro atoms. The Morgan fingerprint density at radius 1 is 1.21 bits per heavy atom. The smallest absolute Gasteiger partial charge is 0.232 e. The molecule has 1 unspecified atom stereocenters. The van der Waals surface area contributed by atoms with Crippen LogP contribution in [-0.2, 0) is 11.2 Å². The molecule has 1 aliphatic rings. The number of benzene rings is 1. The number of nitrogens with zero attached hydrogens (tertiary/aromatic N) is 3. The van der Waals surface area contributed by atoms with Crippen LogP contribution in [0.1, 0.15) is 35.1 Å². The van der Waals surface area contributed by atoms with Gasteiger partial charge < -0.3 is 9.47 Å². The van der Waals surface area contributed by atoms with Crippen molar-refractivity contribution in [3.63, 3.8) is 0 Å². The number of aromatic nitrogens is 3. The molecular weight excluding hydrogens is 322 g/mol. The fraction of sp³-hybridized carbons (Fsp3) is 0.389. The SMILES string of the molecule is COc1cnc2c(-c3nc4c(s3)C(OC)CCC4)cc(C)cc2n1. The number of fused-ring (bicyclic) bond motifs is 2. The summed E-state index contributed by atoms with van der Waals surface area (Å²) in [6.07, 6.45) is 5.04. The Labute approximate surface area is 144 Å². The molecule has 0 bridgehead atoms. The van der Waals surface area contributed by atoms with Gasteiger partial charge in [-0.05, 0) is 43.9 Å². The third-order valence-corrected chi connectivity index (χ3v) is 5.62. The molecular formula is C18H19N3O2S. The van der Waals surface area contributed by atoms with Gasteiger partial charge >= 0.3 is 0 Å². The fourth-order valence-electron chi connectivity index (χ4n) is 3.23. The summed E-state index contributed by atoms with van der Waals surface area (Å²) in [7, 11) is 3.38. The van der Waals surface area contributed by atoms with Crippen LogP contribution in [-0.4, -0.2) is 29.2 Å². The lowest BCUT2D eigenvalue weighted by Gasteiger charge is -2.19. The molecule has 4 rings (SSSR count). The summed E-state index contributed by atoms with van der Waals surface area (Å²) in [5.41, 5.74) is 5.04. The highest BCUT2D eigenvalue weighted by molar-refractivity contribution is 7.15. The highest BCUT2D eigenvalue weighted by Crippen LogP contribution is 2.41. The van der Waals surface area contributed by atoms with Gasteiger partial charge in [-0.2, -0.15) is 0 Å². The van der Waals surface area contributed by atoms with E-state index in [2.05, 4.69) is 23.0 Å². The monoisotopic (exact) mass is 341 g/mol. The summed E-state index contributed by atoms with van der Waals surface area (Å²) in [5.74, 6) is 0.525. The molecule has 1 aromatic carbocycles. The van der Waals surface area contributed by atoms with Gasteiger partial charge in [-0.1, -0.05) is 0 Å². The standard InChI is InChI=1S/C18H19N3O2S/c1-10-7-11(16-13(8-10)20-15(23-3)9-19-16)18-21-12-5-4-6-14(22-2)17(12)24-18/h7-9,14H,4-6H2,1-3H3. The first kappa shape index (κ1) is 15.5. The van der Waals surface area contributed by atoms with E-state index in [4.69, 9.17) is 14.5 Å². The van der Waals surface area contributed by atoms with Crippen LogP contribution in [0.4, 0.5) is 0 Å². The minimum Gasteiger partial charge on any atom is -0.480 e.